The first kappa shape index (κ1) is 12.3. The van der Waals surface area contributed by atoms with Gasteiger partial charge in [0.2, 0.25) is 0 Å². The summed E-state index contributed by atoms with van der Waals surface area (Å²) in [6.07, 6.45) is 1.72. The van der Waals surface area contributed by atoms with Crippen molar-refractivity contribution in [3.63, 3.8) is 0 Å². The summed E-state index contributed by atoms with van der Waals surface area (Å²) in [5.74, 6) is 0. The molecule has 4 N–H and O–H groups in total. The highest BCUT2D eigenvalue weighted by Crippen LogP contribution is 2.26. The monoisotopic (exact) mass is 249 g/mol. The van der Waals surface area contributed by atoms with Crippen molar-refractivity contribution < 1.29 is 0 Å². The first-order chi connectivity index (χ1) is 8.22. The molecule has 2 rings (SSSR count). The molecule has 4 heteroatoms. The number of hydrogen-bond acceptors (Lipinski definition) is 3. The van der Waals surface area contributed by atoms with E-state index in [9.17, 15) is 0 Å². The molecule has 2 aromatic rings. The van der Waals surface area contributed by atoms with Crippen LogP contribution < -0.4 is 11.5 Å². The number of halogens is 1. The van der Waals surface area contributed by atoms with Crippen molar-refractivity contribution in [3.05, 3.63) is 41.0 Å². The van der Waals surface area contributed by atoms with Crippen LogP contribution in [0.2, 0.25) is 5.15 Å². The molecule has 1 atom stereocenters. The zero-order valence-corrected chi connectivity index (χ0v) is 10.3. The predicted octanol–water partition coefficient (Wildman–Crippen LogP) is 2.63. The average Bonchev–Trinajstić information content (AvgIpc) is 2.35. The van der Waals surface area contributed by atoms with Crippen LogP contribution in [0.15, 0.2) is 30.3 Å². The lowest BCUT2D eigenvalue weighted by Gasteiger charge is -2.13. The predicted molar refractivity (Wildman–Crippen MR) is 72.0 cm³/mol. The first-order valence-corrected chi connectivity index (χ1v) is 6.11. The minimum absolute atomic E-state index is 0.0943. The van der Waals surface area contributed by atoms with Gasteiger partial charge in [0, 0.05) is 17.0 Å². The summed E-state index contributed by atoms with van der Waals surface area (Å²) in [7, 11) is 0. The molecule has 3 nitrogen and oxygen atoms in total. The molecule has 90 valence electrons. The Bertz CT molecular complexity index is 513. The van der Waals surface area contributed by atoms with E-state index < -0.39 is 0 Å². The van der Waals surface area contributed by atoms with Crippen molar-refractivity contribution in [3.8, 4) is 0 Å². The van der Waals surface area contributed by atoms with Gasteiger partial charge in [0.05, 0.1) is 5.52 Å². The van der Waals surface area contributed by atoms with Crippen molar-refractivity contribution in [2.75, 3.05) is 6.54 Å². The number of pyridine rings is 1. The third-order valence-corrected chi connectivity index (χ3v) is 3.13. The summed E-state index contributed by atoms with van der Waals surface area (Å²) in [5.41, 5.74) is 13.4. The van der Waals surface area contributed by atoms with Gasteiger partial charge in [0.15, 0.2) is 0 Å². The van der Waals surface area contributed by atoms with Gasteiger partial charge in [-0.05, 0) is 31.5 Å². The summed E-state index contributed by atoms with van der Waals surface area (Å²) < 4.78 is 0. The summed E-state index contributed by atoms with van der Waals surface area (Å²) in [6, 6.07) is 9.80. The summed E-state index contributed by atoms with van der Waals surface area (Å²) in [6.45, 7) is 0.645. The molecular weight excluding hydrogens is 234 g/mol. The van der Waals surface area contributed by atoms with E-state index in [1.54, 1.807) is 0 Å². The maximum atomic E-state index is 6.15. The molecule has 0 fully saturated rings. The summed E-state index contributed by atoms with van der Waals surface area (Å²) >= 11 is 6.15. The van der Waals surface area contributed by atoms with Crippen LogP contribution >= 0.6 is 11.6 Å². The molecule has 0 aliphatic carbocycles. The third-order valence-electron chi connectivity index (χ3n) is 2.82. The smallest absolute Gasteiger partial charge is 0.134 e. The van der Waals surface area contributed by atoms with Gasteiger partial charge in [-0.2, -0.15) is 0 Å². The van der Waals surface area contributed by atoms with E-state index in [4.69, 9.17) is 23.1 Å². The molecule has 1 heterocycles. The van der Waals surface area contributed by atoms with E-state index in [-0.39, 0.29) is 6.04 Å². The summed E-state index contributed by atoms with van der Waals surface area (Å²) in [5, 5.41) is 1.56. The van der Waals surface area contributed by atoms with Crippen LogP contribution in [0, 0.1) is 0 Å². The van der Waals surface area contributed by atoms with Crippen LogP contribution in [0.4, 0.5) is 0 Å². The molecule has 0 bridgehead atoms. The van der Waals surface area contributed by atoms with Gasteiger partial charge in [-0.1, -0.05) is 29.8 Å². The normalized spacial score (nSPS) is 12.9. The molecular formula is C13H16ClN3. The van der Waals surface area contributed by atoms with E-state index >= 15 is 0 Å². The number of aromatic nitrogens is 1. The largest absolute Gasteiger partial charge is 0.330 e. The molecule has 0 unspecified atom stereocenters. The van der Waals surface area contributed by atoms with Gasteiger partial charge in [0.25, 0.3) is 0 Å². The van der Waals surface area contributed by atoms with Gasteiger partial charge in [-0.3, -0.25) is 0 Å². The van der Waals surface area contributed by atoms with Crippen LogP contribution in [0.25, 0.3) is 10.9 Å². The molecule has 0 spiro atoms. The molecule has 0 radical (unpaired) electrons. The van der Waals surface area contributed by atoms with Crippen LogP contribution in [-0.2, 0) is 0 Å². The SMILES string of the molecule is NCCC[C@H](N)c1cc2ccccc2nc1Cl. The second-order valence-corrected chi connectivity index (χ2v) is 4.46. The topological polar surface area (TPSA) is 64.9 Å². The van der Waals surface area contributed by atoms with Crippen molar-refractivity contribution in [1.29, 1.82) is 0 Å². The van der Waals surface area contributed by atoms with Gasteiger partial charge in [-0.25, -0.2) is 4.98 Å². The quantitative estimate of drug-likeness (QED) is 0.819. The van der Waals surface area contributed by atoms with E-state index in [1.165, 1.54) is 0 Å². The van der Waals surface area contributed by atoms with Crippen molar-refractivity contribution in [1.82, 2.24) is 4.98 Å². The van der Waals surface area contributed by atoms with Crippen molar-refractivity contribution in [2.24, 2.45) is 11.5 Å². The second-order valence-electron chi connectivity index (χ2n) is 4.10. The van der Waals surface area contributed by atoms with Crippen LogP contribution in [0.5, 0.6) is 0 Å². The number of benzene rings is 1. The Balaban J connectivity index is 2.36. The third kappa shape index (κ3) is 2.75. The lowest BCUT2D eigenvalue weighted by Crippen LogP contribution is -2.13. The van der Waals surface area contributed by atoms with Crippen molar-refractivity contribution in [2.45, 2.75) is 18.9 Å². The minimum atomic E-state index is -0.0943. The molecule has 17 heavy (non-hydrogen) atoms. The highest BCUT2D eigenvalue weighted by atomic mass is 35.5. The molecule has 0 aliphatic rings. The zero-order valence-electron chi connectivity index (χ0n) is 9.57. The van der Waals surface area contributed by atoms with Crippen LogP contribution in [-0.4, -0.2) is 11.5 Å². The maximum absolute atomic E-state index is 6.15. The Labute approximate surface area is 106 Å². The van der Waals surface area contributed by atoms with Crippen molar-refractivity contribution >= 4 is 22.5 Å². The molecule has 0 amide bonds. The average molecular weight is 250 g/mol. The van der Waals surface area contributed by atoms with Gasteiger partial charge >= 0.3 is 0 Å². The maximum Gasteiger partial charge on any atom is 0.134 e. The molecule has 0 saturated heterocycles. The Hall–Kier alpha value is -1.16. The molecule has 0 aliphatic heterocycles. The number of hydrogen-bond donors (Lipinski definition) is 2. The standard InChI is InChI=1S/C13H16ClN3/c14-13-10(11(16)5-3-7-15)8-9-4-1-2-6-12(9)17-13/h1-2,4,6,8,11H,3,5,7,15-16H2/t11-/m0/s1. The Kier molecular flexibility index (Phi) is 3.94. The van der Waals surface area contributed by atoms with Gasteiger partial charge in [-0.15, -0.1) is 0 Å². The van der Waals surface area contributed by atoms with E-state index in [0.717, 1.165) is 29.3 Å². The molecule has 1 aromatic heterocycles. The zero-order chi connectivity index (χ0) is 12.3. The number of para-hydroxylation sites is 1. The van der Waals surface area contributed by atoms with E-state index in [0.29, 0.717) is 11.7 Å². The highest BCUT2D eigenvalue weighted by molar-refractivity contribution is 6.30. The number of fused-ring (bicyclic) bond motifs is 1. The number of nitrogens with two attached hydrogens (primary N) is 2. The molecule has 0 saturated carbocycles. The van der Waals surface area contributed by atoms with E-state index in [2.05, 4.69) is 4.98 Å². The fourth-order valence-electron chi connectivity index (χ4n) is 1.86. The second kappa shape index (κ2) is 5.45. The van der Waals surface area contributed by atoms with Gasteiger partial charge < -0.3 is 11.5 Å². The van der Waals surface area contributed by atoms with Crippen LogP contribution in [0.1, 0.15) is 24.4 Å². The fraction of sp³-hybridized carbons (Fsp3) is 0.308. The Morgan fingerprint density at radius 3 is 2.82 bits per heavy atom. The Morgan fingerprint density at radius 1 is 1.29 bits per heavy atom. The lowest BCUT2D eigenvalue weighted by atomic mass is 10.0. The minimum Gasteiger partial charge on any atom is -0.330 e. The number of nitrogens with zero attached hydrogens (tertiary/aromatic N) is 1. The van der Waals surface area contributed by atoms with Gasteiger partial charge in [0.1, 0.15) is 5.15 Å². The number of rotatable bonds is 4. The first-order valence-electron chi connectivity index (χ1n) is 5.73. The van der Waals surface area contributed by atoms with Crippen LogP contribution in [0.3, 0.4) is 0 Å². The highest BCUT2D eigenvalue weighted by Gasteiger charge is 2.12. The molecule has 1 aromatic carbocycles. The lowest BCUT2D eigenvalue weighted by molar-refractivity contribution is 0.617. The summed E-state index contributed by atoms with van der Waals surface area (Å²) in [4.78, 5) is 4.36. The fourth-order valence-corrected chi connectivity index (χ4v) is 2.15. The van der Waals surface area contributed by atoms with E-state index in [1.807, 2.05) is 30.3 Å². The Morgan fingerprint density at radius 2 is 2.06 bits per heavy atom.